The molecule has 0 atom stereocenters. The minimum Gasteiger partial charge on any atom is -0.326 e. The third-order valence-electron chi connectivity index (χ3n) is 2.57. The fourth-order valence-corrected chi connectivity index (χ4v) is 2.95. The Labute approximate surface area is 125 Å². The van der Waals surface area contributed by atoms with E-state index in [0.29, 0.717) is 32.2 Å². The average molecular weight is 321 g/mol. The van der Waals surface area contributed by atoms with Crippen LogP contribution < -0.4 is 5.73 Å². The van der Waals surface area contributed by atoms with Gasteiger partial charge in [-0.3, -0.25) is 0 Å². The topological polar surface area (TPSA) is 26.0 Å². The quantitative estimate of drug-likeness (QED) is 0.784. The van der Waals surface area contributed by atoms with Crippen molar-refractivity contribution in [3.63, 3.8) is 0 Å². The molecule has 5 heteroatoms. The van der Waals surface area contributed by atoms with Crippen LogP contribution in [-0.2, 0) is 6.54 Å². The Hall–Kier alpha value is -0.440. The molecule has 2 rings (SSSR count). The Kier molecular flexibility index (Phi) is 4.41. The molecule has 18 heavy (non-hydrogen) atoms. The molecule has 0 heterocycles. The van der Waals surface area contributed by atoms with E-state index in [0.717, 1.165) is 11.1 Å². The molecule has 2 aromatic carbocycles. The molecule has 0 aromatic heterocycles. The van der Waals surface area contributed by atoms with Crippen LogP contribution in [-0.4, -0.2) is 0 Å². The lowest BCUT2D eigenvalue weighted by molar-refractivity contribution is 1.07. The Morgan fingerprint density at radius 3 is 2.00 bits per heavy atom. The van der Waals surface area contributed by atoms with Gasteiger partial charge in [0.15, 0.2) is 0 Å². The highest BCUT2D eigenvalue weighted by Gasteiger charge is 2.13. The number of nitrogens with two attached hydrogens (primary N) is 1. The molecule has 94 valence electrons. The summed E-state index contributed by atoms with van der Waals surface area (Å²) in [5.41, 5.74) is 8.16. The molecule has 0 bridgehead atoms. The lowest BCUT2D eigenvalue weighted by Crippen LogP contribution is -1.99. The van der Waals surface area contributed by atoms with Gasteiger partial charge in [0.25, 0.3) is 0 Å². The number of hydrogen-bond donors (Lipinski definition) is 1. The largest absolute Gasteiger partial charge is 0.326 e. The molecule has 0 unspecified atom stereocenters. The van der Waals surface area contributed by atoms with E-state index in [2.05, 4.69) is 0 Å². The zero-order valence-electron chi connectivity index (χ0n) is 9.18. The predicted octanol–water partition coefficient (Wildman–Crippen LogP) is 5.43. The van der Waals surface area contributed by atoms with Crippen molar-refractivity contribution in [2.45, 2.75) is 6.54 Å². The van der Waals surface area contributed by atoms with Gasteiger partial charge in [0.2, 0.25) is 0 Å². The molecule has 0 aliphatic heterocycles. The van der Waals surface area contributed by atoms with Crippen molar-refractivity contribution in [2.75, 3.05) is 0 Å². The van der Waals surface area contributed by atoms with Crippen molar-refractivity contribution in [1.29, 1.82) is 0 Å². The summed E-state index contributed by atoms with van der Waals surface area (Å²) in [4.78, 5) is 0. The first-order valence-electron chi connectivity index (χ1n) is 5.16. The Bertz CT molecular complexity index is 573. The van der Waals surface area contributed by atoms with E-state index in [1.54, 1.807) is 24.3 Å². The second-order valence-electron chi connectivity index (χ2n) is 3.75. The molecule has 2 N–H and O–H groups in total. The molecule has 2 aromatic rings. The highest BCUT2D eigenvalue weighted by atomic mass is 35.5. The highest BCUT2D eigenvalue weighted by Crippen LogP contribution is 2.39. The fourth-order valence-electron chi connectivity index (χ4n) is 1.76. The van der Waals surface area contributed by atoms with Crippen molar-refractivity contribution in [3.8, 4) is 11.1 Å². The molecule has 0 radical (unpaired) electrons. The third kappa shape index (κ3) is 2.76. The van der Waals surface area contributed by atoms with E-state index in [4.69, 9.17) is 52.1 Å². The van der Waals surface area contributed by atoms with Crippen LogP contribution >= 0.6 is 46.4 Å². The third-order valence-corrected chi connectivity index (χ3v) is 3.62. The molecule has 0 fully saturated rings. The van der Waals surface area contributed by atoms with Crippen LogP contribution in [0.5, 0.6) is 0 Å². The molecule has 1 nitrogen and oxygen atoms in total. The Morgan fingerprint density at radius 1 is 0.833 bits per heavy atom. The van der Waals surface area contributed by atoms with Crippen molar-refractivity contribution in [1.82, 2.24) is 0 Å². The second kappa shape index (κ2) is 5.68. The van der Waals surface area contributed by atoms with Gasteiger partial charge in [0.05, 0.1) is 10.0 Å². The van der Waals surface area contributed by atoms with Gasteiger partial charge in [-0.25, -0.2) is 0 Å². The first-order chi connectivity index (χ1) is 8.52. The van der Waals surface area contributed by atoms with Crippen LogP contribution in [0.15, 0.2) is 30.3 Å². The van der Waals surface area contributed by atoms with Crippen LogP contribution in [0, 0.1) is 0 Å². The van der Waals surface area contributed by atoms with E-state index in [-0.39, 0.29) is 0 Å². The summed E-state index contributed by atoms with van der Waals surface area (Å²) >= 11 is 24.3. The smallest absolute Gasteiger partial charge is 0.0514 e. The summed E-state index contributed by atoms with van der Waals surface area (Å²) in [5, 5.41) is 2.04. The maximum Gasteiger partial charge on any atom is 0.0514 e. The molecule has 0 spiro atoms. The zero-order chi connectivity index (χ0) is 13.3. The molecular weight excluding hydrogens is 312 g/mol. The minimum absolute atomic E-state index is 0.377. The highest BCUT2D eigenvalue weighted by molar-refractivity contribution is 6.42. The summed E-state index contributed by atoms with van der Waals surface area (Å²) in [5.74, 6) is 0. The first kappa shape index (κ1) is 14.0. The second-order valence-corrected chi connectivity index (χ2v) is 5.44. The van der Waals surface area contributed by atoms with Gasteiger partial charge in [-0.1, -0.05) is 52.5 Å². The minimum atomic E-state index is 0.377. The normalized spacial score (nSPS) is 10.7. The molecule has 0 aliphatic carbocycles. The fraction of sp³-hybridized carbons (Fsp3) is 0.0769. The van der Waals surface area contributed by atoms with Gasteiger partial charge in [0, 0.05) is 22.2 Å². The number of halogens is 4. The van der Waals surface area contributed by atoms with Crippen LogP contribution in [0.2, 0.25) is 20.1 Å². The molecule has 0 saturated carbocycles. The van der Waals surface area contributed by atoms with Crippen LogP contribution in [0.1, 0.15) is 5.56 Å². The van der Waals surface area contributed by atoms with Gasteiger partial charge >= 0.3 is 0 Å². The zero-order valence-corrected chi connectivity index (χ0v) is 12.2. The predicted molar refractivity (Wildman–Crippen MR) is 79.8 cm³/mol. The van der Waals surface area contributed by atoms with Crippen LogP contribution in [0.3, 0.4) is 0 Å². The lowest BCUT2D eigenvalue weighted by Gasteiger charge is -2.12. The summed E-state index contributed by atoms with van der Waals surface area (Å²) < 4.78 is 0. The number of rotatable bonds is 2. The van der Waals surface area contributed by atoms with Gasteiger partial charge in [-0.15, -0.1) is 0 Å². The molecule has 0 saturated heterocycles. The van der Waals surface area contributed by atoms with Crippen molar-refractivity contribution >= 4 is 46.4 Å². The van der Waals surface area contributed by atoms with Gasteiger partial charge < -0.3 is 5.73 Å². The molecular formula is C13H9Cl4N. The van der Waals surface area contributed by atoms with E-state index < -0.39 is 0 Å². The van der Waals surface area contributed by atoms with Gasteiger partial charge in [-0.2, -0.15) is 0 Å². The summed E-state index contributed by atoms with van der Waals surface area (Å²) in [7, 11) is 0. The van der Waals surface area contributed by atoms with Crippen LogP contribution in [0.4, 0.5) is 0 Å². The molecule has 0 amide bonds. The first-order valence-corrected chi connectivity index (χ1v) is 6.67. The monoisotopic (exact) mass is 319 g/mol. The van der Waals surface area contributed by atoms with E-state index >= 15 is 0 Å². The maximum absolute atomic E-state index is 6.20. The van der Waals surface area contributed by atoms with E-state index in [9.17, 15) is 0 Å². The summed E-state index contributed by atoms with van der Waals surface area (Å²) in [6.45, 7) is 0.377. The SMILES string of the molecule is NCc1ccc(Cl)cc1-c1c(Cl)cc(Cl)cc1Cl. The van der Waals surface area contributed by atoms with Crippen LogP contribution in [0.25, 0.3) is 11.1 Å². The van der Waals surface area contributed by atoms with Crippen molar-refractivity contribution in [2.24, 2.45) is 5.73 Å². The summed E-state index contributed by atoms with van der Waals surface area (Å²) in [6.07, 6.45) is 0. The van der Waals surface area contributed by atoms with E-state index in [1.807, 2.05) is 6.07 Å². The van der Waals surface area contributed by atoms with E-state index in [1.165, 1.54) is 0 Å². The Balaban J connectivity index is 2.72. The lowest BCUT2D eigenvalue weighted by atomic mass is 9.99. The number of hydrogen-bond acceptors (Lipinski definition) is 1. The standard InChI is InChI=1S/C13H9Cl4N/c14-8-2-1-7(6-18)10(3-8)13-11(16)4-9(15)5-12(13)17/h1-5H,6,18H2. The van der Waals surface area contributed by atoms with Gasteiger partial charge in [-0.05, 0) is 35.4 Å². The average Bonchev–Trinajstić information content (AvgIpc) is 2.28. The summed E-state index contributed by atoms with van der Waals surface area (Å²) in [6, 6.07) is 8.73. The van der Waals surface area contributed by atoms with Crippen molar-refractivity contribution < 1.29 is 0 Å². The molecule has 0 aliphatic rings. The maximum atomic E-state index is 6.20. The van der Waals surface area contributed by atoms with Crippen molar-refractivity contribution in [3.05, 3.63) is 56.0 Å². The van der Waals surface area contributed by atoms with Gasteiger partial charge in [0.1, 0.15) is 0 Å². The number of benzene rings is 2. The Morgan fingerprint density at radius 2 is 1.44 bits per heavy atom.